The molecule has 11 heteroatoms. The molecule has 5 aromatic rings. The highest BCUT2D eigenvalue weighted by Crippen LogP contribution is 2.44. The Morgan fingerprint density at radius 3 is 2.42 bits per heavy atom. The number of ether oxygens (including phenoxy) is 1. The van der Waals surface area contributed by atoms with Crippen molar-refractivity contribution in [1.29, 1.82) is 0 Å². The number of ketones is 1. The molecule has 226 valence electrons. The molecule has 1 aliphatic rings. The lowest BCUT2D eigenvalue weighted by atomic mass is 9.95. The molecule has 0 radical (unpaired) electrons. The minimum atomic E-state index is -1.05. The van der Waals surface area contributed by atoms with Crippen molar-refractivity contribution in [2.75, 3.05) is 4.90 Å². The maximum Gasteiger partial charge on any atom is 0.301 e. The number of aliphatic hydroxyl groups excluding tert-OH is 1. The highest BCUT2D eigenvalue weighted by molar-refractivity contribution is 8.00. The first-order valence-electron chi connectivity index (χ1n) is 13.9. The number of carbonyl (C=O) groups is 2. The molecule has 0 spiro atoms. The van der Waals surface area contributed by atoms with Gasteiger partial charge in [0, 0.05) is 16.3 Å². The fourth-order valence-corrected chi connectivity index (χ4v) is 7.10. The Morgan fingerprint density at radius 2 is 1.69 bits per heavy atom. The minimum absolute atomic E-state index is 0.0542. The normalized spacial score (nSPS) is 15.9. The Balaban J connectivity index is 1.31. The number of aromatic nitrogens is 2. The van der Waals surface area contributed by atoms with E-state index in [0.717, 1.165) is 28.0 Å². The van der Waals surface area contributed by atoms with Crippen LogP contribution in [0.4, 0.5) is 5.13 Å². The van der Waals surface area contributed by atoms with Crippen LogP contribution in [0.5, 0.6) is 11.5 Å². The number of aliphatic hydroxyl groups is 1. The SMILES string of the molecule is Cc1ccccc1COc1ccc(/C(O)=C2\C(=O)C(=O)N(c3nnc(SCc4ccccc4Cl)s3)C2c2cccc(O)c2)cc1. The van der Waals surface area contributed by atoms with Crippen LogP contribution in [0.1, 0.15) is 33.9 Å². The average molecular weight is 656 g/mol. The molecule has 2 N–H and O–H groups in total. The van der Waals surface area contributed by atoms with Crippen molar-refractivity contribution in [3.05, 3.63) is 135 Å². The zero-order chi connectivity index (χ0) is 31.5. The summed E-state index contributed by atoms with van der Waals surface area (Å²) in [6.07, 6.45) is 0. The van der Waals surface area contributed by atoms with Crippen molar-refractivity contribution in [2.24, 2.45) is 0 Å². The van der Waals surface area contributed by atoms with Gasteiger partial charge in [0.05, 0.1) is 11.6 Å². The average Bonchev–Trinajstić information content (AvgIpc) is 3.62. The number of amides is 1. The van der Waals surface area contributed by atoms with Crippen molar-refractivity contribution in [2.45, 2.75) is 29.7 Å². The van der Waals surface area contributed by atoms with E-state index in [2.05, 4.69) is 10.2 Å². The van der Waals surface area contributed by atoms with Crippen LogP contribution in [0.3, 0.4) is 0 Å². The van der Waals surface area contributed by atoms with E-state index in [-0.39, 0.29) is 22.2 Å². The van der Waals surface area contributed by atoms with Gasteiger partial charge in [-0.25, -0.2) is 0 Å². The quantitative estimate of drug-likeness (QED) is 0.0546. The van der Waals surface area contributed by atoms with Gasteiger partial charge in [-0.05, 0) is 71.6 Å². The van der Waals surface area contributed by atoms with E-state index in [0.29, 0.717) is 38.6 Å². The van der Waals surface area contributed by atoms with Crippen LogP contribution in [-0.2, 0) is 21.9 Å². The fourth-order valence-electron chi connectivity index (χ4n) is 4.95. The van der Waals surface area contributed by atoms with Crippen molar-refractivity contribution in [1.82, 2.24) is 10.2 Å². The van der Waals surface area contributed by atoms with E-state index in [1.807, 2.05) is 55.5 Å². The Morgan fingerprint density at radius 1 is 0.956 bits per heavy atom. The van der Waals surface area contributed by atoms with Gasteiger partial charge < -0.3 is 14.9 Å². The summed E-state index contributed by atoms with van der Waals surface area (Å²) in [7, 11) is 0. The third-order valence-corrected chi connectivity index (χ3v) is 9.80. The van der Waals surface area contributed by atoms with Gasteiger partial charge in [0.1, 0.15) is 23.9 Å². The van der Waals surface area contributed by atoms with Gasteiger partial charge in [0.15, 0.2) is 4.34 Å². The third-order valence-electron chi connectivity index (χ3n) is 7.32. The van der Waals surface area contributed by atoms with Gasteiger partial charge in [-0.15, -0.1) is 10.2 Å². The minimum Gasteiger partial charge on any atom is -0.508 e. The molecule has 0 aliphatic carbocycles. The first-order chi connectivity index (χ1) is 21.8. The van der Waals surface area contributed by atoms with Crippen molar-refractivity contribution >= 4 is 57.3 Å². The number of hydrogen-bond acceptors (Lipinski definition) is 9. The number of phenols is 1. The van der Waals surface area contributed by atoms with Crippen LogP contribution in [-0.4, -0.2) is 32.1 Å². The number of rotatable bonds is 9. The second kappa shape index (κ2) is 13.2. The molecule has 0 saturated carbocycles. The number of phenolic OH excluding ortho intramolecular Hbond substituents is 1. The van der Waals surface area contributed by atoms with Gasteiger partial charge in [-0.2, -0.15) is 0 Å². The Hall–Kier alpha value is -4.64. The lowest BCUT2D eigenvalue weighted by Crippen LogP contribution is -2.29. The summed E-state index contributed by atoms with van der Waals surface area (Å²) in [5.41, 5.74) is 3.72. The molecule has 1 amide bonds. The Bertz CT molecular complexity index is 1930. The molecule has 1 atom stereocenters. The largest absolute Gasteiger partial charge is 0.508 e. The molecule has 0 bridgehead atoms. The smallest absolute Gasteiger partial charge is 0.301 e. The molecule has 1 saturated heterocycles. The molecule has 8 nitrogen and oxygen atoms in total. The molecule has 1 unspecified atom stereocenters. The number of thioether (sulfide) groups is 1. The standard InChI is InChI=1S/C34H26ClN3O5S2/c1-20-7-2-3-8-23(20)18-43-26-15-13-21(14-16-26)30(40)28-29(22-10-6-11-25(39)17-22)38(32(42)31(28)41)33-36-37-34(45-33)44-19-24-9-4-5-12-27(24)35/h2-17,29,39-40H,18-19H2,1H3/b30-28+. The summed E-state index contributed by atoms with van der Waals surface area (Å²) in [6, 6.07) is 27.2. The summed E-state index contributed by atoms with van der Waals surface area (Å²) in [6.45, 7) is 2.39. The number of halogens is 1. The number of carbonyl (C=O) groups excluding carboxylic acids is 2. The lowest BCUT2D eigenvalue weighted by Gasteiger charge is -2.22. The molecule has 1 aromatic heterocycles. The monoisotopic (exact) mass is 655 g/mol. The van der Waals surface area contributed by atoms with E-state index in [1.165, 1.54) is 28.8 Å². The highest BCUT2D eigenvalue weighted by Gasteiger charge is 2.48. The summed E-state index contributed by atoms with van der Waals surface area (Å²) in [4.78, 5) is 28.3. The summed E-state index contributed by atoms with van der Waals surface area (Å²) in [5.74, 6) is -1.03. The van der Waals surface area contributed by atoms with Crippen molar-refractivity contribution in [3.8, 4) is 11.5 Å². The third kappa shape index (κ3) is 6.44. The second-order valence-electron chi connectivity index (χ2n) is 10.2. The molecular formula is C34H26ClN3O5S2. The molecule has 45 heavy (non-hydrogen) atoms. The number of aromatic hydroxyl groups is 1. The molecule has 1 aliphatic heterocycles. The van der Waals surface area contributed by atoms with Crippen LogP contribution < -0.4 is 9.64 Å². The zero-order valence-corrected chi connectivity index (χ0v) is 26.3. The van der Waals surface area contributed by atoms with Crippen molar-refractivity contribution < 1.29 is 24.5 Å². The maximum absolute atomic E-state index is 13.5. The van der Waals surface area contributed by atoms with Crippen LogP contribution in [0.15, 0.2) is 107 Å². The number of aryl methyl sites for hydroxylation is 1. The Labute approximate surface area is 272 Å². The van der Waals surface area contributed by atoms with Gasteiger partial charge in [-0.3, -0.25) is 14.5 Å². The van der Waals surface area contributed by atoms with E-state index in [9.17, 15) is 19.8 Å². The highest BCUT2D eigenvalue weighted by atomic mass is 35.5. The first kappa shape index (κ1) is 30.4. The zero-order valence-electron chi connectivity index (χ0n) is 23.9. The van der Waals surface area contributed by atoms with E-state index < -0.39 is 17.7 Å². The van der Waals surface area contributed by atoms with E-state index in [1.54, 1.807) is 36.4 Å². The Kier molecular flexibility index (Phi) is 8.88. The maximum atomic E-state index is 13.5. The van der Waals surface area contributed by atoms with E-state index in [4.69, 9.17) is 16.3 Å². The van der Waals surface area contributed by atoms with Crippen LogP contribution in [0.2, 0.25) is 5.02 Å². The molecule has 4 aromatic carbocycles. The van der Waals surface area contributed by atoms with Gasteiger partial charge >= 0.3 is 5.91 Å². The van der Waals surface area contributed by atoms with Gasteiger partial charge in [0.2, 0.25) is 5.13 Å². The summed E-state index contributed by atoms with van der Waals surface area (Å²) >= 11 is 8.84. The summed E-state index contributed by atoms with van der Waals surface area (Å²) in [5, 5.41) is 31.0. The molecule has 2 heterocycles. The molecule has 1 fully saturated rings. The van der Waals surface area contributed by atoms with Gasteiger partial charge in [0.25, 0.3) is 5.78 Å². The molecular weight excluding hydrogens is 630 g/mol. The molecule has 6 rings (SSSR count). The van der Waals surface area contributed by atoms with E-state index >= 15 is 0 Å². The summed E-state index contributed by atoms with van der Waals surface area (Å²) < 4.78 is 6.50. The topological polar surface area (TPSA) is 113 Å². The number of Topliss-reactive ketones (excluding diaryl/α,β-unsaturated/α-hetero) is 1. The van der Waals surface area contributed by atoms with Crippen LogP contribution in [0.25, 0.3) is 5.76 Å². The van der Waals surface area contributed by atoms with Crippen LogP contribution >= 0.6 is 34.7 Å². The number of benzene rings is 4. The number of anilines is 1. The fraction of sp³-hybridized carbons (Fsp3) is 0.118. The van der Waals surface area contributed by atoms with Crippen molar-refractivity contribution in [3.63, 3.8) is 0 Å². The number of nitrogens with zero attached hydrogens (tertiary/aromatic N) is 3. The second-order valence-corrected chi connectivity index (χ2v) is 12.8. The lowest BCUT2D eigenvalue weighted by molar-refractivity contribution is -0.132. The number of hydrogen-bond donors (Lipinski definition) is 2. The van der Waals surface area contributed by atoms with Gasteiger partial charge in [-0.1, -0.05) is 89.3 Å². The predicted octanol–water partition coefficient (Wildman–Crippen LogP) is 7.70. The van der Waals surface area contributed by atoms with Crippen LogP contribution in [0, 0.1) is 6.92 Å². The first-order valence-corrected chi connectivity index (χ1v) is 16.1. The predicted molar refractivity (Wildman–Crippen MR) is 176 cm³/mol.